The summed E-state index contributed by atoms with van der Waals surface area (Å²) in [5.74, 6) is -0.535. The number of carbonyl (C=O) groups is 2. The summed E-state index contributed by atoms with van der Waals surface area (Å²) < 4.78 is 14.3. The molecule has 0 aromatic heterocycles. The Balaban J connectivity index is 1.60. The fourth-order valence-corrected chi connectivity index (χ4v) is 6.50. The van der Waals surface area contributed by atoms with Crippen molar-refractivity contribution in [3.05, 3.63) is 104 Å². The van der Waals surface area contributed by atoms with E-state index < -0.39 is 11.9 Å². The number of hydrogen-bond donors (Lipinski definition) is 1. The summed E-state index contributed by atoms with van der Waals surface area (Å²) in [7, 11) is 0. The third kappa shape index (κ3) is 8.62. The average molecular weight is 622 g/mol. The maximum Gasteiger partial charge on any atom is 0.243 e. The minimum absolute atomic E-state index is 0.0496. The summed E-state index contributed by atoms with van der Waals surface area (Å²) in [6, 6.07) is 18.8. The van der Waals surface area contributed by atoms with Crippen LogP contribution in [0.2, 0.25) is 15.1 Å². The van der Waals surface area contributed by atoms with Gasteiger partial charge in [-0.15, -0.1) is 11.8 Å². The molecule has 1 atom stereocenters. The smallest absolute Gasteiger partial charge is 0.243 e. The van der Waals surface area contributed by atoms with Crippen LogP contribution in [0.5, 0.6) is 0 Å². The highest BCUT2D eigenvalue weighted by Gasteiger charge is 2.32. The van der Waals surface area contributed by atoms with Gasteiger partial charge in [-0.1, -0.05) is 96.5 Å². The second kappa shape index (κ2) is 15.1. The lowest BCUT2D eigenvalue weighted by atomic mass is 9.94. The predicted octanol–water partition coefficient (Wildman–Crippen LogP) is 8.11. The lowest BCUT2D eigenvalue weighted by molar-refractivity contribution is -0.139. The Morgan fingerprint density at radius 2 is 1.65 bits per heavy atom. The molecule has 0 heterocycles. The maximum atomic E-state index is 14.3. The lowest BCUT2D eigenvalue weighted by Crippen LogP contribution is -2.53. The Labute approximate surface area is 254 Å². The molecule has 1 saturated carbocycles. The van der Waals surface area contributed by atoms with Gasteiger partial charge < -0.3 is 10.2 Å². The third-order valence-electron chi connectivity index (χ3n) is 7.09. The highest BCUT2D eigenvalue weighted by atomic mass is 35.5. The Bertz CT molecular complexity index is 1280. The maximum absolute atomic E-state index is 14.3. The largest absolute Gasteiger partial charge is 0.352 e. The number of hydrogen-bond acceptors (Lipinski definition) is 3. The summed E-state index contributed by atoms with van der Waals surface area (Å²) in [6.45, 7) is 0.173. The molecule has 4 rings (SSSR count). The van der Waals surface area contributed by atoms with E-state index in [0.29, 0.717) is 27.1 Å². The Hall–Kier alpha value is -2.25. The first kappa shape index (κ1) is 30.7. The normalized spacial score (nSPS) is 14.5. The van der Waals surface area contributed by atoms with Crippen molar-refractivity contribution in [2.75, 3.05) is 5.75 Å². The van der Waals surface area contributed by atoms with Crippen LogP contribution in [0, 0.1) is 5.82 Å². The fourth-order valence-electron chi connectivity index (χ4n) is 4.93. The molecule has 1 aliphatic rings. The number of halogens is 4. The second-order valence-corrected chi connectivity index (χ2v) is 12.2. The molecule has 1 aliphatic carbocycles. The van der Waals surface area contributed by atoms with E-state index in [1.807, 2.05) is 30.3 Å². The molecule has 1 fully saturated rings. The average Bonchev–Trinajstić information content (AvgIpc) is 2.95. The number of carbonyl (C=O) groups excluding carboxylic acids is 2. The van der Waals surface area contributed by atoms with E-state index in [9.17, 15) is 14.0 Å². The topological polar surface area (TPSA) is 49.4 Å². The van der Waals surface area contributed by atoms with Crippen LogP contribution in [0.4, 0.5) is 4.39 Å². The number of nitrogens with one attached hydrogen (secondary N) is 1. The second-order valence-electron chi connectivity index (χ2n) is 10.0. The molecule has 0 saturated heterocycles. The molecule has 4 nitrogen and oxygen atoms in total. The van der Waals surface area contributed by atoms with Crippen molar-refractivity contribution in [3.8, 4) is 0 Å². The Morgan fingerprint density at radius 3 is 2.35 bits per heavy atom. The monoisotopic (exact) mass is 620 g/mol. The molecule has 9 heteroatoms. The summed E-state index contributed by atoms with van der Waals surface area (Å²) in [6.07, 6.45) is 5.56. The molecule has 212 valence electrons. The van der Waals surface area contributed by atoms with E-state index in [1.54, 1.807) is 35.2 Å². The van der Waals surface area contributed by atoms with Crippen LogP contribution in [0.15, 0.2) is 66.7 Å². The van der Waals surface area contributed by atoms with E-state index in [0.717, 1.165) is 36.8 Å². The molecule has 2 amide bonds. The first-order valence-corrected chi connectivity index (χ1v) is 15.7. The minimum Gasteiger partial charge on any atom is -0.352 e. The van der Waals surface area contributed by atoms with Crippen LogP contribution in [0.1, 0.15) is 48.8 Å². The molecule has 0 aliphatic heterocycles. The van der Waals surface area contributed by atoms with Gasteiger partial charge in [0.1, 0.15) is 11.9 Å². The van der Waals surface area contributed by atoms with Gasteiger partial charge in [0.25, 0.3) is 0 Å². The molecular formula is C31H32Cl3FN2O2S. The standard InChI is InChI=1S/C31H32Cl3FN2O2S/c32-25-12-7-13-28(35)24(25)19-40-20-30(38)37(18-22-14-15-26(33)27(34)16-22)29(17-21-8-3-1-4-9-21)31(39)36-23-10-5-2-6-11-23/h1,3-4,7-9,12-16,23,29H,2,5-6,10-11,17-20H2,(H,36,39). The van der Waals surface area contributed by atoms with Gasteiger partial charge in [0.05, 0.1) is 15.8 Å². The number of rotatable bonds is 11. The van der Waals surface area contributed by atoms with E-state index in [4.69, 9.17) is 34.8 Å². The van der Waals surface area contributed by atoms with Gasteiger partial charge >= 0.3 is 0 Å². The zero-order valence-electron chi connectivity index (χ0n) is 22.1. The Kier molecular flexibility index (Phi) is 11.6. The molecule has 1 unspecified atom stereocenters. The van der Waals surface area contributed by atoms with Crippen molar-refractivity contribution in [1.29, 1.82) is 0 Å². The summed E-state index contributed by atoms with van der Waals surface area (Å²) >= 11 is 19.9. The van der Waals surface area contributed by atoms with E-state index in [1.165, 1.54) is 24.2 Å². The molecule has 40 heavy (non-hydrogen) atoms. The predicted molar refractivity (Wildman–Crippen MR) is 164 cm³/mol. The number of amides is 2. The van der Waals surface area contributed by atoms with Crippen molar-refractivity contribution >= 4 is 58.4 Å². The highest BCUT2D eigenvalue weighted by Crippen LogP contribution is 2.27. The van der Waals surface area contributed by atoms with Crippen LogP contribution in [0.25, 0.3) is 0 Å². The van der Waals surface area contributed by atoms with Gasteiger partial charge in [0.15, 0.2) is 0 Å². The first-order valence-electron chi connectivity index (χ1n) is 13.4. The van der Waals surface area contributed by atoms with Gasteiger partial charge in [0.2, 0.25) is 11.8 Å². The number of nitrogens with zero attached hydrogens (tertiary/aromatic N) is 1. The van der Waals surface area contributed by atoms with E-state index >= 15 is 0 Å². The van der Waals surface area contributed by atoms with Crippen molar-refractivity contribution < 1.29 is 14.0 Å². The van der Waals surface area contributed by atoms with Crippen molar-refractivity contribution in [2.45, 2.75) is 62.9 Å². The van der Waals surface area contributed by atoms with Gasteiger partial charge in [0, 0.05) is 35.3 Å². The zero-order valence-corrected chi connectivity index (χ0v) is 25.1. The number of benzene rings is 3. The molecule has 0 radical (unpaired) electrons. The van der Waals surface area contributed by atoms with Crippen molar-refractivity contribution in [3.63, 3.8) is 0 Å². The third-order valence-corrected chi connectivity index (χ3v) is 9.13. The van der Waals surface area contributed by atoms with Crippen LogP contribution in [-0.2, 0) is 28.3 Å². The van der Waals surface area contributed by atoms with Crippen LogP contribution in [-0.4, -0.2) is 34.6 Å². The van der Waals surface area contributed by atoms with Crippen molar-refractivity contribution in [2.24, 2.45) is 0 Å². The first-order chi connectivity index (χ1) is 19.3. The van der Waals surface area contributed by atoms with Crippen LogP contribution >= 0.6 is 46.6 Å². The molecule has 0 bridgehead atoms. The van der Waals surface area contributed by atoms with Gasteiger partial charge in [-0.25, -0.2) is 4.39 Å². The number of thioether (sulfide) groups is 1. The van der Waals surface area contributed by atoms with Crippen LogP contribution < -0.4 is 5.32 Å². The van der Waals surface area contributed by atoms with Gasteiger partial charge in [-0.2, -0.15) is 0 Å². The summed E-state index contributed by atoms with van der Waals surface area (Å²) in [5, 5.41) is 4.33. The highest BCUT2D eigenvalue weighted by molar-refractivity contribution is 7.99. The lowest BCUT2D eigenvalue weighted by Gasteiger charge is -2.33. The van der Waals surface area contributed by atoms with E-state index in [-0.39, 0.29) is 35.9 Å². The summed E-state index contributed by atoms with van der Waals surface area (Å²) in [4.78, 5) is 29.3. The molecular weight excluding hydrogens is 590 g/mol. The minimum atomic E-state index is -0.746. The fraction of sp³-hybridized carbons (Fsp3) is 0.355. The zero-order chi connectivity index (χ0) is 28.5. The molecule has 3 aromatic rings. The van der Waals surface area contributed by atoms with Crippen LogP contribution in [0.3, 0.4) is 0 Å². The van der Waals surface area contributed by atoms with Gasteiger partial charge in [-0.3, -0.25) is 9.59 Å². The summed E-state index contributed by atoms with van der Waals surface area (Å²) in [5.41, 5.74) is 2.06. The quantitative estimate of drug-likeness (QED) is 0.235. The van der Waals surface area contributed by atoms with Gasteiger partial charge in [-0.05, 0) is 48.2 Å². The SMILES string of the molecule is O=C(NC1CCCCC1)C(Cc1ccccc1)N(Cc1ccc(Cl)c(Cl)c1)C(=O)CSCc1c(F)cccc1Cl. The Morgan fingerprint density at radius 1 is 0.900 bits per heavy atom. The molecule has 1 N–H and O–H groups in total. The van der Waals surface area contributed by atoms with E-state index in [2.05, 4.69) is 5.32 Å². The molecule has 0 spiro atoms. The van der Waals surface area contributed by atoms with Crippen molar-refractivity contribution in [1.82, 2.24) is 10.2 Å². The molecule has 3 aromatic carbocycles.